The van der Waals surface area contributed by atoms with Gasteiger partial charge in [-0.25, -0.2) is 4.98 Å². The van der Waals surface area contributed by atoms with Gasteiger partial charge in [0.1, 0.15) is 11.1 Å². The van der Waals surface area contributed by atoms with Crippen LogP contribution in [-0.4, -0.2) is 47.0 Å². The van der Waals surface area contributed by atoms with Crippen LogP contribution in [0.5, 0.6) is 0 Å². The van der Waals surface area contributed by atoms with Gasteiger partial charge in [-0.05, 0) is 49.8 Å². The van der Waals surface area contributed by atoms with Gasteiger partial charge in [0, 0.05) is 43.2 Å². The number of nitrogens with zero attached hydrogens (tertiary/aromatic N) is 4. The lowest BCUT2D eigenvalue weighted by atomic mass is 9.87. The molecular formula is C28H29N5O4S. The second-order valence-corrected chi connectivity index (χ2v) is 9.95. The highest BCUT2D eigenvalue weighted by Crippen LogP contribution is 2.38. The van der Waals surface area contributed by atoms with Crippen molar-refractivity contribution in [2.45, 2.75) is 37.6 Å². The Labute approximate surface area is 226 Å². The molecule has 1 N–H and O–H groups in total. The number of fused-ring (bicyclic) bond motifs is 1. The number of nitro benzene ring substituents is 1. The minimum Gasteiger partial charge on any atom is -0.351 e. The second kappa shape index (κ2) is 13.4. The fraction of sp³-hybridized carbons (Fsp3) is 0.286. The topological polar surface area (TPSA) is 129 Å². The summed E-state index contributed by atoms with van der Waals surface area (Å²) >= 11 is 1.21. The zero-order chi connectivity index (χ0) is 27.7. The summed E-state index contributed by atoms with van der Waals surface area (Å²) in [6.45, 7) is 2.03. The van der Waals surface area contributed by atoms with Crippen molar-refractivity contribution < 1.29 is 14.5 Å². The summed E-state index contributed by atoms with van der Waals surface area (Å²) in [4.78, 5) is 38.6. The Bertz CT molecular complexity index is 1370. The zero-order valence-electron chi connectivity index (χ0n) is 21.6. The van der Waals surface area contributed by atoms with Gasteiger partial charge in [-0.15, -0.1) is 0 Å². The molecule has 0 radical (unpaired) electrons. The average molecular weight is 532 g/mol. The van der Waals surface area contributed by atoms with E-state index in [-0.39, 0.29) is 17.3 Å². The Kier molecular flexibility index (Phi) is 9.96. The van der Waals surface area contributed by atoms with E-state index in [9.17, 15) is 25.0 Å². The number of anilines is 1. The maximum atomic E-state index is 12.5. The Balaban J connectivity index is 0.000000732. The fourth-order valence-corrected chi connectivity index (χ4v) is 4.80. The molecule has 38 heavy (non-hydrogen) atoms. The van der Waals surface area contributed by atoms with Crippen LogP contribution in [0.3, 0.4) is 0 Å². The van der Waals surface area contributed by atoms with Crippen LogP contribution in [0, 0.1) is 28.4 Å². The van der Waals surface area contributed by atoms with Crippen molar-refractivity contribution in [3.8, 4) is 17.2 Å². The summed E-state index contributed by atoms with van der Waals surface area (Å²) in [7, 11) is 3.38. The monoisotopic (exact) mass is 531 g/mol. The van der Waals surface area contributed by atoms with E-state index in [4.69, 9.17) is 4.98 Å². The highest BCUT2D eigenvalue weighted by atomic mass is 32.2. The molecule has 196 valence electrons. The van der Waals surface area contributed by atoms with E-state index in [1.165, 1.54) is 34.9 Å². The van der Waals surface area contributed by atoms with Crippen LogP contribution < -0.4 is 5.32 Å². The van der Waals surface area contributed by atoms with Gasteiger partial charge in [0.15, 0.2) is 0 Å². The van der Waals surface area contributed by atoms with Crippen LogP contribution in [-0.2, 0) is 22.4 Å². The molecule has 2 aromatic carbocycles. The van der Waals surface area contributed by atoms with Crippen LogP contribution in [0.4, 0.5) is 11.4 Å². The predicted molar refractivity (Wildman–Crippen MR) is 148 cm³/mol. The van der Waals surface area contributed by atoms with Gasteiger partial charge in [-0.1, -0.05) is 47.7 Å². The molecule has 1 aliphatic carbocycles. The van der Waals surface area contributed by atoms with Gasteiger partial charge in [-0.3, -0.25) is 19.7 Å². The lowest BCUT2D eigenvalue weighted by Crippen LogP contribution is -2.15. The van der Waals surface area contributed by atoms with E-state index < -0.39 is 4.92 Å². The number of aryl methyl sites for hydroxylation is 2. The third kappa shape index (κ3) is 7.40. The summed E-state index contributed by atoms with van der Waals surface area (Å²) in [5.41, 5.74) is 5.94. The third-order valence-corrected chi connectivity index (χ3v) is 6.76. The highest BCUT2D eigenvalue weighted by Gasteiger charge is 2.23. The Morgan fingerprint density at radius 3 is 2.53 bits per heavy atom. The van der Waals surface area contributed by atoms with Crippen molar-refractivity contribution in [2.75, 3.05) is 25.2 Å². The Hall–Kier alpha value is -4.23. The maximum absolute atomic E-state index is 12.5. The molecule has 9 nitrogen and oxygen atoms in total. The van der Waals surface area contributed by atoms with Gasteiger partial charge in [0.2, 0.25) is 12.3 Å². The summed E-state index contributed by atoms with van der Waals surface area (Å²) < 4.78 is 0. The van der Waals surface area contributed by atoms with Crippen molar-refractivity contribution in [2.24, 2.45) is 0 Å². The Morgan fingerprint density at radius 2 is 1.89 bits per heavy atom. The number of rotatable bonds is 7. The first kappa shape index (κ1) is 28.3. The molecule has 4 rings (SSSR count). The van der Waals surface area contributed by atoms with Crippen LogP contribution in [0.1, 0.15) is 35.2 Å². The SMILES string of the molecule is CN(C)C=O.Cc1ccc(-c2c(C#N)c(SCC(=O)Nc3cccc([N+](=O)[O-])c3)nc3c2CCCC3)cc1. The largest absolute Gasteiger partial charge is 0.351 e. The number of nitrogens with one attached hydrogen (secondary N) is 1. The summed E-state index contributed by atoms with van der Waals surface area (Å²) in [5.74, 6) is -0.281. The van der Waals surface area contributed by atoms with Crippen molar-refractivity contribution in [3.63, 3.8) is 0 Å². The van der Waals surface area contributed by atoms with Gasteiger partial charge in [0.05, 0.1) is 16.2 Å². The van der Waals surface area contributed by atoms with Gasteiger partial charge in [0.25, 0.3) is 5.69 Å². The molecule has 0 bridgehead atoms. The van der Waals surface area contributed by atoms with Crippen molar-refractivity contribution in [3.05, 3.63) is 81.0 Å². The minimum absolute atomic E-state index is 0.0382. The Morgan fingerprint density at radius 1 is 1.21 bits per heavy atom. The van der Waals surface area contributed by atoms with Crippen molar-refractivity contribution >= 4 is 35.5 Å². The number of hydrogen-bond donors (Lipinski definition) is 1. The van der Waals surface area contributed by atoms with Gasteiger partial charge in [-0.2, -0.15) is 5.26 Å². The number of nitro groups is 1. The van der Waals surface area contributed by atoms with Gasteiger partial charge < -0.3 is 10.2 Å². The molecule has 0 spiro atoms. The highest BCUT2D eigenvalue weighted by molar-refractivity contribution is 8.00. The van der Waals surface area contributed by atoms with E-state index in [1.807, 2.05) is 31.2 Å². The zero-order valence-corrected chi connectivity index (χ0v) is 22.4. The summed E-state index contributed by atoms with van der Waals surface area (Å²) in [6.07, 6.45) is 4.61. The summed E-state index contributed by atoms with van der Waals surface area (Å²) in [5, 5.41) is 24.2. The molecule has 1 aliphatic rings. The number of non-ortho nitro benzene ring substituents is 1. The predicted octanol–water partition coefficient (Wildman–Crippen LogP) is 5.15. The molecule has 1 heterocycles. The first-order valence-electron chi connectivity index (χ1n) is 12.0. The molecule has 0 unspecified atom stereocenters. The molecule has 1 aromatic heterocycles. The number of hydrogen-bond acceptors (Lipinski definition) is 7. The second-order valence-electron chi connectivity index (χ2n) is 8.99. The first-order chi connectivity index (χ1) is 18.2. The van der Waals surface area contributed by atoms with E-state index >= 15 is 0 Å². The standard InChI is InChI=1S/C25H22N4O3S.C3H7NO/c1-16-9-11-17(12-10-16)24-20-7-2-3-8-22(20)28-25(21(24)14-26)33-15-23(30)27-18-5-4-6-19(13-18)29(31)32;1-4(2)3-5/h4-6,9-13H,2-3,7-8,15H2,1H3,(H,27,30);3H,1-2H3. The number of aromatic nitrogens is 1. The third-order valence-electron chi connectivity index (χ3n) is 5.78. The van der Waals surface area contributed by atoms with Crippen LogP contribution in [0.15, 0.2) is 53.6 Å². The molecule has 3 aromatic rings. The molecule has 0 saturated carbocycles. The number of pyridine rings is 1. The maximum Gasteiger partial charge on any atom is 0.271 e. The fourth-order valence-electron chi connectivity index (χ4n) is 3.99. The van der Waals surface area contributed by atoms with Crippen LogP contribution >= 0.6 is 11.8 Å². The molecule has 10 heteroatoms. The summed E-state index contributed by atoms with van der Waals surface area (Å²) in [6, 6.07) is 16.3. The first-order valence-corrected chi connectivity index (χ1v) is 13.0. The molecule has 0 fully saturated rings. The molecule has 0 aliphatic heterocycles. The smallest absolute Gasteiger partial charge is 0.271 e. The van der Waals surface area contributed by atoms with Crippen molar-refractivity contribution in [1.82, 2.24) is 9.88 Å². The normalized spacial score (nSPS) is 11.7. The lowest BCUT2D eigenvalue weighted by molar-refractivity contribution is -0.384. The van der Waals surface area contributed by atoms with Crippen LogP contribution in [0.2, 0.25) is 0 Å². The molecular weight excluding hydrogens is 502 g/mol. The average Bonchev–Trinajstić information content (AvgIpc) is 2.92. The number of thioether (sulfide) groups is 1. The number of amides is 2. The number of benzene rings is 2. The van der Waals surface area contributed by atoms with Crippen molar-refractivity contribution in [1.29, 1.82) is 5.26 Å². The number of carbonyl (C=O) groups excluding carboxylic acids is 2. The van der Waals surface area contributed by atoms with E-state index in [2.05, 4.69) is 11.4 Å². The van der Waals surface area contributed by atoms with E-state index in [0.717, 1.165) is 60.0 Å². The van der Waals surface area contributed by atoms with E-state index in [0.29, 0.717) is 16.3 Å². The van der Waals surface area contributed by atoms with E-state index in [1.54, 1.807) is 20.2 Å². The molecule has 0 saturated heterocycles. The molecule has 0 atom stereocenters. The molecule has 2 amide bonds. The minimum atomic E-state index is -0.507. The quantitative estimate of drug-likeness (QED) is 0.193. The number of nitriles is 1. The van der Waals surface area contributed by atoms with Crippen LogP contribution in [0.25, 0.3) is 11.1 Å². The van der Waals surface area contributed by atoms with Gasteiger partial charge >= 0.3 is 0 Å². The lowest BCUT2D eigenvalue weighted by Gasteiger charge is -2.22. The number of carbonyl (C=O) groups is 2.